The van der Waals surface area contributed by atoms with E-state index in [1.54, 1.807) is 10.6 Å². The lowest BCUT2D eigenvalue weighted by atomic mass is 10.2. The largest absolute Gasteiger partial charge is 0.361 e. The molecule has 0 saturated carbocycles. The molecule has 1 aromatic heterocycles. The average molecular weight is 228 g/mol. The van der Waals surface area contributed by atoms with Gasteiger partial charge >= 0.3 is 5.69 Å². The molecule has 2 aliphatic heterocycles. The summed E-state index contributed by atoms with van der Waals surface area (Å²) in [5.41, 5.74) is -0.271. The van der Waals surface area contributed by atoms with Crippen LogP contribution < -0.4 is 10.6 Å². The fourth-order valence-electron chi connectivity index (χ4n) is 2.17. The number of ether oxygens (including phenoxy) is 1. The van der Waals surface area contributed by atoms with Gasteiger partial charge in [0.25, 0.3) is 0 Å². The zero-order valence-corrected chi connectivity index (χ0v) is 8.78. The van der Waals surface area contributed by atoms with Crippen molar-refractivity contribution in [3.8, 4) is 0 Å². The predicted octanol–water partition coefficient (Wildman–Crippen LogP) is 0.463. The van der Waals surface area contributed by atoms with Gasteiger partial charge in [0.2, 0.25) is 0 Å². The van der Waals surface area contributed by atoms with Crippen LogP contribution in [0.15, 0.2) is 10.9 Å². The SMILES string of the molecule is O=c1nc(Cl)cc2n1C[C@H]1CCOCN21. The van der Waals surface area contributed by atoms with Gasteiger partial charge in [-0.05, 0) is 6.42 Å². The lowest BCUT2D eigenvalue weighted by molar-refractivity contribution is 0.0904. The average Bonchev–Trinajstić information content (AvgIpc) is 2.57. The van der Waals surface area contributed by atoms with Crippen LogP contribution >= 0.6 is 11.6 Å². The van der Waals surface area contributed by atoms with E-state index in [9.17, 15) is 4.79 Å². The molecule has 1 atom stereocenters. The molecule has 6 heteroatoms. The van der Waals surface area contributed by atoms with Crippen LogP contribution in [0.2, 0.25) is 5.15 Å². The van der Waals surface area contributed by atoms with Crippen molar-refractivity contribution in [2.45, 2.75) is 19.0 Å². The van der Waals surface area contributed by atoms with Crippen LogP contribution in [0, 0.1) is 0 Å². The molecular formula is C9H10ClN3O2. The summed E-state index contributed by atoms with van der Waals surface area (Å²) in [5, 5.41) is 0.248. The number of hydrogen-bond donors (Lipinski definition) is 0. The second kappa shape index (κ2) is 3.21. The first-order valence-electron chi connectivity index (χ1n) is 4.87. The third kappa shape index (κ3) is 1.34. The van der Waals surface area contributed by atoms with Crippen molar-refractivity contribution in [1.82, 2.24) is 9.55 Å². The Hall–Kier alpha value is -1.07. The summed E-state index contributed by atoms with van der Waals surface area (Å²) < 4.78 is 7.03. The highest BCUT2D eigenvalue weighted by atomic mass is 35.5. The number of hydrogen-bond acceptors (Lipinski definition) is 4. The lowest BCUT2D eigenvalue weighted by Gasteiger charge is -2.30. The Labute approximate surface area is 91.2 Å². The second-order valence-corrected chi connectivity index (χ2v) is 4.17. The topological polar surface area (TPSA) is 47.4 Å². The Balaban J connectivity index is 2.12. The summed E-state index contributed by atoms with van der Waals surface area (Å²) in [6, 6.07) is 2.07. The van der Waals surface area contributed by atoms with Crippen LogP contribution in [0.3, 0.4) is 0 Å². The third-order valence-corrected chi connectivity index (χ3v) is 3.11. The van der Waals surface area contributed by atoms with Gasteiger partial charge in [-0.2, -0.15) is 4.98 Å². The summed E-state index contributed by atoms with van der Waals surface area (Å²) in [5.74, 6) is 0.824. The van der Waals surface area contributed by atoms with Crippen molar-refractivity contribution < 1.29 is 4.74 Å². The molecule has 1 saturated heterocycles. The first-order valence-corrected chi connectivity index (χ1v) is 5.25. The quantitative estimate of drug-likeness (QED) is 0.605. The molecule has 0 radical (unpaired) electrons. The van der Waals surface area contributed by atoms with Gasteiger partial charge in [0, 0.05) is 12.6 Å². The molecule has 5 nitrogen and oxygen atoms in total. The van der Waals surface area contributed by atoms with Crippen LogP contribution in [0.5, 0.6) is 0 Å². The van der Waals surface area contributed by atoms with Crippen LogP contribution in [-0.4, -0.2) is 28.9 Å². The normalized spacial score (nSPS) is 23.8. The molecule has 0 amide bonds. The number of fused-ring (bicyclic) bond motifs is 3. The molecule has 80 valence electrons. The predicted molar refractivity (Wildman–Crippen MR) is 55.2 cm³/mol. The summed E-state index contributed by atoms with van der Waals surface area (Å²) in [6.45, 7) is 1.98. The first-order chi connectivity index (χ1) is 7.25. The van der Waals surface area contributed by atoms with Crippen LogP contribution in [0.1, 0.15) is 6.42 Å². The van der Waals surface area contributed by atoms with Gasteiger partial charge in [0.15, 0.2) is 0 Å². The Morgan fingerprint density at radius 1 is 1.60 bits per heavy atom. The smallest absolute Gasteiger partial charge is 0.350 e. The molecule has 0 aromatic carbocycles. The Kier molecular flexibility index (Phi) is 1.97. The molecule has 0 unspecified atom stereocenters. The first kappa shape index (κ1) is 9.18. The van der Waals surface area contributed by atoms with E-state index in [1.165, 1.54) is 0 Å². The molecule has 0 aliphatic carbocycles. The van der Waals surface area contributed by atoms with Gasteiger partial charge in [-0.3, -0.25) is 4.57 Å². The lowest BCUT2D eigenvalue weighted by Crippen LogP contribution is -2.39. The van der Waals surface area contributed by atoms with Gasteiger partial charge in [-0.15, -0.1) is 0 Å². The fraction of sp³-hybridized carbons (Fsp3) is 0.556. The highest BCUT2D eigenvalue weighted by molar-refractivity contribution is 6.29. The number of aromatic nitrogens is 2. The monoisotopic (exact) mass is 227 g/mol. The van der Waals surface area contributed by atoms with Crippen LogP contribution in [-0.2, 0) is 11.3 Å². The molecule has 1 fully saturated rings. The van der Waals surface area contributed by atoms with Gasteiger partial charge in [0.1, 0.15) is 17.7 Å². The van der Waals surface area contributed by atoms with Gasteiger partial charge < -0.3 is 9.64 Å². The van der Waals surface area contributed by atoms with Crippen molar-refractivity contribution in [3.63, 3.8) is 0 Å². The highest BCUT2D eigenvalue weighted by Crippen LogP contribution is 2.29. The van der Waals surface area contributed by atoms with E-state index in [1.807, 2.05) is 0 Å². The van der Waals surface area contributed by atoms with E-state index >= 15 is 0 Å². The van der Waals surface area contributed by atoms with Gasteiger partial charge in [-0.1, -0.05) is 11.6 Å². The minimum Gasteiger partial charge on any atom is -0.361 e. The molecule has 0 spiro atoms. The highest BCUT2D eigenvalue weighted by Gasteiger charge is 2.32. The van der Waals surface area contributed by atoms with E-state index in [4.69, 9.17) is 16.3 Å². The molecule has 3 rings (SSSR count). The molecule has 0 bridgehead atoms. The summed E-state index contributed by atoms with van der Waals surface area (Å²) >= 11 is 5.77. The van der Waals surface area contributed by atoms with Gasteiger partial charge in [0.05, 0.1) is 12.6 Å². The third-order valence-electron chi connectivity index (χ3n) is 2.91. The fourth-order valence-corrected chi connectivity index (χ4v) is 2.34. The maximum Gasteiger partial charge on any atom is 0.350 e. The Morgan fingerprint density at radius 2 is 2.47 bits per heavy atom. The van der Waals surface area contributed by atoms with Crippen molar-refractivity contribution in [2.24, 2.45) is 0 Å². The number of nitrogens with zero attached hydrogens (tertiary/aromatic N) is 3. The summed E-state index contributed by atoms with van der Waals surface area (Å²) in [7, 11) is 0. The molecule has 0 N–H and O–H groups in total. The molecule has 2 aliphatic rings. The van der Waals surface area contributed by atoms with E-state index in [2.05, 4.69) is 9.88 Å². The minimum absolute atomic E-state index is 0.248. The minimum atomic E-state index is -0.271. The molecular weight excluding hydrogens is 218 g/mol. The second-order valence-electron chi connectivity index (χ2n) is 3.78. The number of anilines is 1. The number of rotatable bonds is 0. The van der Waals surface area contributed by atoms with E-state index < -0.39 is 0 Å². The maximum absolute atomic E-state index is 11.6. The van der Waals surface area contributed by atoms with Crippen LogP contribution in [0.25, 0.3) is 0 Å². The zero-order valence-electron chi connectivity index (χ0n) is 8.02. The zero-order chi connectivity index (χ0) is 10.4. The summed E-state index contributed by atoms with van der Waals surface area (Å²) in [4.78, 5) is 17.4. The Bertz CT molecular complexity index is 459. The molecule has 3 heterocycles. The standard InChI is InChI=1S/C9H10ClN3O2/c10-7-3-8-12(9(14)11-7)4-6-1-2-15-5-13(6)8/h3,6H,1-2,4-5H2/t6-/m1/s1. The van der Waals surface area contributed by atoms with Crippen molar-refractivity contribution >= 4 is 17.4 Å². The Morgan fingerprint density at radius 3 is 3.33 bits per heavy atom. The van der Waals surface area contributed by atoms with E-state index in [0.29, 0.717) is 19.3 Å². The number of halogens is 1. The van der Waals surface area contributed by atoms with Crippen molar-refractivity contribution in [2.75, 3.05) is 18.2 Å². The van der Waals surface area contributed by atoms with Crippen molar-refractivity contribution in [3.05, 3.63) is 21.7 Å². The van der Waals surface area contributed by atoms with E-state index in [-0.39, 0.29) is 10.8 Å². The summed E-state index contributed by atoms with van der Waals surface area (Å²) in [6.07, 6.45) is 0.943. The van der Waals surface area contributed by atoms with Crippen LogP contribution in [0.4, 0.5) is 5.82 Å². The van der Waals surface area contributed by atoms with E-state index in [0.717, 1.165) is 18.8 Å². The maximum atomic E-state index is 11.6. The molecule has 15 heavy (non-hydrogen) atoms. The van der Waals surface area contributed by atoms with Crippen molar-refractivity contribution in [1.29, 1.82) is 0 Å². The molecule has 1 aromatic rings. The van der Waals surface area contributed by atoms with Gasteiger partial charge in [-0.25, -0.2) is 4.79 Å².